The van der Waals surface area contributed by atoms with Gasteiger partial charge in [-0.05, 0) is 77.1 Å². The van der Waals surface area contributed by atoms with Crippen LogP contribution in [-0.2, 0) is 32.0 Å². The quantitative estimate of drug-likeness (QED) is 0.114. The van der Waals surface area contributed by atoms with Gasteiger partial charge in [0, 0.05) is 39.3 Å². The van der Waals surface area contributed by atoms with Crippen molar-refractivity contribution in [2.24, 2.45) is 0 Å². The summed E-state index contributed by atoms with van der Waals surface area (Å²) in [5.74, 6) is 0. The van der Waals surface area contributed by atoms with Gasteiger partial charge in [0.05, 0.1) is 50.8 Å². The van der Waals surface area contributed by atoms with E-state index in [-0.39, 0.29) is 0 Å². The lowest BCUT2D eigenvalue weighted by atomic mass is 9.86. The highest BCUT2D eigenvalue weighted by Gasteiger charge is 2.32. The zero-order valence-electron chi connectivity index (χ0n) is 26.0. The lowest BCUT2D eigenvalue weighted by Gasteiger charge is -2.22. The molecular formula is C40H38N2O4. The summed E-state index contributed by atoms with van der Waals surface area (Å²) in [5, 5.41) is 13.3. The molecule has 232 valence electrons. The van der Waals surface area contributed by atoms with Crippen LogP contribution >= 0.6 is 0 Å². The van der Waals surface area contributed by atoms with Crippen LogP contribution < -0.4 is 0 Å². The maximum Gasteiger partial charge on any atom is 0.0936 e. The van der Waals surface area contributed by atoms with Crippen LogP contribution in [0.25, 0.3) is 53.9 Å². The van der Waals surface area contributed by atoms with E-state index in [9.17, 15) is 0 Å². The Morgan fingerprint density at radius 3 is 1.09 bits per heavy atom. The topological polar surface area (TPSA) is 56.6 Å². The number of ether oxygens (including phenoxy) is 4. The molecule has 4 unspecified atom stereocenters. The Morgan fingerprint density at radius 2 is 0.739 bits per heavy atom. The summed E-state index contributed by atoms with van der Waals surface area (Å²) in [6, 6.07) is 32.3. The first-order chi connectivity index (χ1) is 22.7. The van der Waals surface area contributed by atoms with Gasteiger partial charge in [0.1, 0.15) is 0 Å². The third-order valence-electron chi connectivity index (χ3n) is 10.2. The lowest BCUT2D eigenvalue weighted by Crippen LogP contribution is -2.31. The predicted molar refractivity (Wildman–Crippen MR) is 183 cm³/mol. The average molecular weight is 611 g/mol. The van der Waals surface area contributed by atoms with E-state index < -0.39 is 0 Å². The summed E-state index contributed by atoms with van der Waals surface area (Å²) in [6.45, 7) is 9.13. The second-order valence-electron chi connectivity index (χ2n) is 13.8. The molecule has 0 radical (unpaired) electrons. The molecule has 4 atom stereocenters. The van der Waals surface area contributed by atoms with Crippen molar-refractivity contribution < 1.29 is 18.9 Å². The number of nitrogens with zero attached hydrogens (tertiary/aromatic N) is 2. The molecule has 4 aliphatic heterocycles. The zero-order valence-corrected chi connectivity index (χ0v) is 26.0. The zero-order chi connectivity index (χ0) is 30.2. The molecule has 0 N–H and O–H groups in total. The summed E-state index contributed by atoms with van der Waals surface area (Å²) in [7, 11) is 0. The Hall–Kier alpha value is -3.62. The third kappa shape index (κ3) is 5.33. The fraction of sp³-hybridized carbons (Fsp3) is 0.350. The smallest absolute Gasteiger partial charge is 0.0936 e. The summed E-state index contributed by atoms with van der Waals surface area (Å²) in [5.41, 5.74) is 2.67. The number of hydrogen-bond donors (Lipinski definition) is 0. The number of rotatable bonds is 12. The van der Waals surface area contributed by atoms with Crippen LogP contribution in [0.3, 0.4) is 0 Å². The second-order valence-corrected chi connectivity index (χ2v) is 13.8. The number of benzene rings is 6. The van der Waals surface area contributed by atoms with Gasteiger partial charge < -0.3 is 18.9 Å². The van der Waals surface area contributed by atoms with Crippen molar-refractivity contribution in [1.82, 2.24) is 9.80 Å². The van der Waals surface area contributed by atoms with Crippen molar-refractivity contribution in [3.8, 4) is 0 Å². The maximum absolute atomic E-state index is 5.62. The van der Waals surface area contributed by atoms with E-state index in [2.05, 4.69) is 94.7 Å². The monoisotopic (exact) mass is 610 g/mol. The molecule has 10 rings (SSSR count). The molecule has 4 fully saturated rings. The van der Waals surface area contributed by atoms with E-state index in [0.29, 0.717) is 24.4 Å². The molecule has 0 saturated carbocycles. The van der Waals surface area contributed by atoms with Crippen molar-refractivity contribution in [2.45, 2.75) is 37.5 Å². The van der Waals surface area contributed by atoms with Crippen LogP contribution in [0, 0.1) is 0 Å². The van der Waals surface area contributed by atoms with Crippen molar-refractivity contribution >= 4 is 53.9 Å². The van der Waals surface area contributed by atoms with Crippen LogP contribution in [-0.4, -0.2) is 86.8 Å². The molecule has 0 amide bonds. The molecular weight excluding hydrogens is 572 g/mol. The molecule has 46 heavy (non-hydrogen) atoms. The van der Waals surface area contributed by atoms with Crippen LogP contribution in [0.1, 0.15) is 11.1 Å². The average Bonchev–Trinajstić information content (AvgIpc) is 3.87. The Labute approximate surface area is 268 Å². The van der Waals surface area contributed by atoms with Gasteiger partial charge >= 0.3 is 0 Å². The van der Waals surface area contributed by atoms with Crippen molar-refractivity contribution in [1.29, 1.82) is 0 Å². The second kappa shape index (κ2) is 11.0. The molecule has 4 heterocycles. The van der Waals surface area contributed by atoms with Gasteiger partial charge in [-0.25, -0.2) is 0 Å². The number of fused-ring (bicyclic) bond motifs is 11. The fourth-order valence-corrected chi connectivity index (χ4v) is 7.73. The van der Waals surface area contributed by atoms with Gasteiger partial charge in [0.15, 0.2) is 0 Å². The molecule has 0 bridgehead atoms. The highest BCUT2D eigenvalue weighted by atomic mass is 16.6. The Bertz CT molecular complexity index is 1950. The van der Waals surface area contributed by atoms with Gasteiger partial charge in [0.25, 0.3) is 0 Å². The van der Waals surface area contributed by atoms with Gasteiger partial charge in [-0.3, -0.25) is 9.80 Å². The van der Waals surface area contributed by atoms with E-state index in [1.807, 2.05) is 0 Å². The molecule has 6 aromatic rings. The summed E-state index contributed by atoms with van der Waals surface area (Å²) in [4.78, 5) is 5.04. The van der Waals surface area contributed by atoms with Crippen LogP contribution in [0.15, 0.2) is 84.9 Å². The van der Waals surface area contributed by atoms with Crippen molar-refractivity contribution in [2.75, 3.05) is 52.6 Å². The molecule has 4 aliphatic rings. The summed E-state index contributed by atoms with van der Waals surface area (Å²) in [6.07, 6.45) is 1.44. The highest BCUT2D eigenvalue weighted by Crippen LogP contribution is 2.44. The van der Waals surface area contributed by atoms with E-state index >= 15 is 0 Å². The molecule has 6 nitrogen and oxygen atoms in total. The molecule has 0 spiro atoms. The van der Waals surface area contributed by atoms with Crippen LogP contribution in [0.4, 0.5) is 0 Å². The van der Waals surface area contributed by atoms with Crippen LogP contribution in [0.2, 0.25) is 0 Å². The lowest BCUT2D eigenvalue weighted by molar-refractivity contribution is 0.213. The summed E-state index contributed by atoms with van der Waals surface area (Å²) >= 11 is 0. The minimum atomic E-state index is 0.359. The molecule has 6 heteroatoms. The first kappa shape index (κ1) is 27.5. The largest absolute Gasteiger partial charge is 0.372 e. The van der Waals surface area contributed by atoms with Gasteiger partial charge in [0.2, 0.25) is 0 Å². The Morgan fingerprint density at radius 1 is 0.413 bits per heavy atom. The molecule has 0 aromatic heterocycles. The predicted octanol–water partition coefficient (Wildman–Crippen LogP) is 6.65. The standard InChI is InChI=1S/C40H38N2O4/c1-3-7-35-31(5-1)33-11-9-25(15-41(17-27-21-43-27)18-28-22-44-28)13-37(33)40-36-8-4-2-6-32(36)34-12-10-26(14-38(34)39(35)40)16-42(19-29-23-45-29)20-30-24-46-30/h1-14,27-30H,15-24H2. The normalized spacial score (nSPS) is 23.4. The molecule has 0 aliphatic carbocycles. The van der Waals surface area contributed by atoms with Gasteiger partial charge in [-0.2, -0.15) is 0 Å². The Balaban J connectivity index is 1.17. The minimum Gasteiger partial charge on any atom is -0.372 e. The van der Waals surface area contributed by atoms with Crippen LogP contribution in [0.5, 0.6) is 0 Å². The third-order valence-corrected chi connectivity index (χ3v) is 10.2. The van der Waals surface area contributed by atoms with E-state index in [1.54, 1.807) is 0 Å². The van der Waals surface area contributed by atoms with Gasteiger partial charge in [-0.15, -0.1) is 0 Å². The molecule has 6 aromatic carbocycles. The first-order valence-corrected chi connectivity index (χ1v) is 16.8. The van der Waals surface area contributed by atoms with Crippen molar-refractivity contribution in [3.63, 3.8) is 0 Å². The van der Waals surface area contributed by atoms with E-state index in [0.717, 1.165) is 65.7 Å². The number of epoxide rings is 4. The van der Waals surface area contributed by atoms with Gasteiger partial charge in [-0.1, -0.05) is 72.8 Å². The number of hydrogen-bond acceptors (Lipinski definition) is 6. The highest BCUT2D eigenvalue weighted by molar-refractivity contribution is 6.39. The molecule has 4 saturated heterocycles. The minimum absolute atomic E-state index is 0.359. The van der Waals surface area contributed by atoms with E-state index in [1.165, 1.54) is 65.0 Å². The van der Waals surface area contributed by atoms with E-state index in [4.69, 9.17) is 18.9 Å². The fourth-order valence-electron chi connectivity index (χ4n) is 7.73. The van der Waals surface area contributed by atoms with Crippen molar-refractivity contribution in [3.05, 3.63) is 96.1 Å². The maximum atomic E-state index is 5.62. The summed E-state index contributed by atoms with van der Waals surface area (Å²) < 4.78 is 22.5. The Kier molecular flexibility index (Phi) is 6.56. The first-order valence-electron chi connectivity index (χ1n) is 16.8. The SMILES string of the molecule is c1ccc2c(c1)c1ccc(CN(CC3CO3)CC3CO3)cc1c1c3ccccc3c3ccc(CN(CC4CO4)CC4CO4)cc3c21.